The van der Waals surface area contributed by atoms with Crippen LogP contribution in [0.5, 0.6) is 0 Å². The van der Waals surface area contributed by atoms with Crippen LogP contribution in [0.4, 0.5) is 4.79 Å². The molecular weight excluding hydrogens is 147 g/mol. The van der Waals surface area contributed by atoms with Crippen molar-refractivity contribution in [1.82, 2.24) is 0 Å². The van der Waals surface area contributed by atoms with Crippen molar-refractivity contribution in [1.29, 1.82) is 0 Å². The summed E-state index contributed by atoms with van der Waals surface area (Å²) < 4.78 is 0. The topological polar surface area (TPSA) is 37.3 Å². The van der Waals surface area contributed by atoms with Crippen molar-refractivity contribution in [2.75, 3.05) is 5.75 Å². The molecule has 4 heteroatoms. The van der Waals surface area contributed by atoms with E-state index in [2.05, 4.69) is 6.92 Å². The summed E-state index contributed by atoms with van der Waals surface area (Å²) in [4.78, 5) is 10.2. The molecule has 0 aromatic rings. The normalized spacial score (nSPS) is 12.6. The first kappa shape index (κ1) is 9.88. The van der Waals surface area contributed by atoms with E-state index >= 15 is 0 Å². The first-order valence-corrected chi connectivity index (χ1v) is 4.55. The third-order valence-corrected chi connectivity index (χ3v) is 2.45. The van der Waals surface area contributed by atoms with Gasteiger partial charge in [0.05, 0.1) is 0 Å². The van der Waals surface area contributed by atoms with E-state index in [1.165, 1.54) is 0 Å². The summed E-state index contributed by atoms with van der Waals surface area (Å²) in [6, 6.07) is 0. The Bertz CT molecular complexity index is 108. The summed E-state index contributed by atoms with van der Waals surface area (Å²) in [5, 5.41) is 8.63. The van der Waals surface area contributed by atoms with Crippen LogP contribution in [0.25, 0.3) is 0 Å². The second-order valence-electron chi connectivity index (χ2n) is 2.28. The van der Waals surface area contributed by atoms with Gasteiger partial charge in [-0.05, 0) is 17.3 Å². The second kappa shape index (κ2) is 5.65. The van der Waals surface area contributed by atoms with Crippen molar-refractivity contribution in [3.8, 4) is 0 Å². The standard InChI is InChI=1S/C6H13BO2S/c1-3-4-10-5(2)7-6(8)9/h5,7H,3-4H2,1-2H3,(H,8,9). The van der Waals surface area contributed by atoms with Crippen LogP contribution in [0.3, 0.4) is 0 Å². The Kier molecular flexibility index (Phi) is 5.59. The van der Waals surface area contributed by atoms with Crippen LogP contribution in [-0.2, 0) is 0 Å². The molecule has 0 aliphatic heterocycles. The predicted octanol–water partition coefficient (Wildman–Crippen LogP) is 1.59. The zero-order valence-corrected chi connectivity index (χ0v) is 7.28. The van der Waals surface area contributed by atoms with Gasteiger partial charge in [-0.2, -0.15) is 11.8 Å². The summed E-state index contributed by atoms with van der Waals surface area (Å²) in [6.07, 6.45) is 1.12. The number of thioether (sulfide) groups is 1. The molecule has 1 atom stereocenters. The van der Waals surface area contributed by atoms with E-state index < -0.39 is 5.87 Å². The van der Waals surface area contributed by atoms with Crippen molar-refractivity contribution in [3.63, 3.8) is 0 Å². The monoisotopic (exact) mass is 160 g/mol. The maximum atomic E-state index is 10.2. The van der Waals surface area contributed by atoms with Crippen molar-refractivity contribution in [2.45, 2.75) is 25.4 Å². The largest absolute Gasteiger partial charge is 0.489 e. The lowest BCUT2D eigenvalue weighted by Crippen LogP contribution is -2.17. The maximum absolute atomic E-state index is 10.2. The Morgan fingerprint density at radius 2 is 2.40 bits per heavy atom. The lowest BCUT2D eigenvalue weighted by Gasteiger charge is -2.04. The molecule has 58 valence electrons. The van der Waals surface area contributed by atoms with E-state index in [0.29, 0.717) is 0 Å². The molecule has 0 aromatic heterocycles. The molecule has 1 unspecified atom stereocenters. The first-order chi connectivity index (χ1) is 4.66. The second-order valence-corrected chi connectivity index (χ2v) is 3.83. The maximum Gasteiger partial charge on any atom is 0.273 e. The Morgan fingerprint density at radius 1 is 1.80 bits per heavy atom. The number of carboxylic acid groups (broad SMARTS) is 1. The van der Waals surface area contributed by atoms with Crippen molar-refractivity contribution in [3.05, 3.63) is 0 Å². The molecule has 0 saturated carbocycles. The van der Waals surface area contributed by atoms with E-state index in [-0.39, 0.29) is 12.4 Å². The van der Waals surface area contributed by atoms with Gasteiger partial charge in [0, 0.05) is 0 Å². The molecule has 2 nitrogen and oxygen atoms in total. The number of rotatable bonds is 5. The number of hydrogen-bond acceptors (Lipinski definition) is 2. The number of hydrogen-bond donors (Lipinski definition) is 1. The SMILES string of the molecule is CCCSC(C)BC(=O)O. The van der Waals surface area contributed by atoms with E-state index in [0.717, 1.165) is 12.2 Å². The molecule has 1 N–H and O–H groups in total. The van der Waals surface area contributed by atoms with Gasteiger partial charge in [0.15, 0.2) is 0 Å². The number of carbonyl (C=O) groups is 1. The molecule has 0 aromatic carbocycles. The summed E-state index contributed by atoms with van der Waals surface area (Å²) >= 11 is 1.72. The van der Waals surface area contributed by atoms with Crippen molar-refractivity contribution < 1.29 is 9.90 Å². The minimum atomic E-state index is -0.698. The third-order valence-electron chi connectivity index (χ3n) is 1.07. The molecule has 0 rings (SSSR count). The Hall–Kier alpha value is -0.115. The van der Waals surface area contributed by atoms with Gasteiger partial charge in [0.2, 0.25) is 5.87 Å². The van der Waals surface area contributed by atoms with E-state index in [1.54, 1.807) is 11.8 Å². The van der Waals surface area contributed by atoms with Gasteiger partial charge in [-0.25, -0.2) is 0 Å². The summed E-state index contributed by atoms with van der Waals surface area (Å²) in [5.41, 5.74) is 0. The van der Waals surface area contributed by atoms with Gasteiger partial charge in [0.1, 0.15) is 0 Å². The fourth-order valence-electron chi connectivity index (χ4n) is 0.624. The van der Waals surface area contributed by atoms with Crippen LogP contribution in [0.15, 0.2) is 0 Å². The first-order valence-electron chi connectivity index (χ1n) is 3.50. The molecule has 0 bridgehead atoms. The zero-order chi connectivity index (χ0) is 7.98. The highest BCUT2D eigenvalue weighted by molar-refractivity contribution is 8.01. The lowest BCUT2D eigenvalue weighted by atomic mass is 9.75. The molecule has 10 heavy (non-hydrogen) atoms. The quantitative estimate of drug-likeness (QED) is 0.620. The van der Waals surface area contributed by atoms with Crippen LogP contribution in [0, 0.1) is 0 Å². The van der Waals surface area contributed by atoms with Gasteiger partial charge in [-0.3, -0.25) is 4.79 Å². The van der Waals surface area contributed by atoms with Crippen LogP contribution >= 0.6 is 11.8 Å². The van der Waals surface area contributed by atoms with Crippen molar-refractivity contribution >= 4 is 24.9 Å². The molecule has 0 aliphatic carbocycles. The fourth-order valence-corrected chi connectivity index (χ4v) is 1.52. The minimum Gasteiger partial charge on any atom is -0.489 e. The molecule has 0 radical (unpaired) electrons. The van der Waals surface area contributed by atoms with E-state index in [9.17, 15) is 4.79 Å². The molecule has 0 spiro atoms. The van der Waals surface area contributed by atoms with Crippen LogP contribution in [0.1, 0.15) is 20.3 Å². The summed E-state index contributed by atoms with van der Waals surface area (Å²) in [7, 11) is 0.282. The minimum absolute atomic E-state index is 0.262. The predicted molar refractivity (Wildman–Crippen MR) is 47.4 cm³/mol. The highest BCUT2D eigenvalue weighted by Crippen LogP contribution is 2.09. The van der Waals surface area contributed by atoms with Crippen LogP contribution in [-0.4, -0.2) is 29.2 Å². The third kappa shape index (κ3) is 6.01. The summed E-state index contributed by atoms with van der Waals surface area (Å²) in [6.45, 7) is 4.05. The van der Waals surface area contributed by atoms with Crippen molar-refractivity contribution in [2.24, 2.45) is 0 Å². The van der Waals surface area contributed by atoms with Gasteiger partial charge >= 0.3 is 0 Å². The zero-order valence-electron chi connectivity index (χ0n) is 6.46. The lowest BCUT2D eigenvalue weighted by molar-refractivity contribution is 0.219. The molecule has 0 saturated heterocycles. The van der Waals surface area contributed by atoms with E-state index in [4.69, 9.17) is 5.11 Å². The smallest absolute Gasteiger partial charge is 0.273 e. The molecule has 0 aliphatic rings. The molecule has 0 amide bonds. The Labute approximate surface area is 66.6 Å². The fraction of sp³-hybridized carbons (Fsp3) is 0.833. The van der Waals surface area contributed by atoms with Gasteiger partial charge in [0.25, 0.3) is 7.28 Å². The average Bonchev–Trinajstić information content (AvgIpc) is 1.82. The van der Waals surface area contributed by atoms with E-state index in [1.807, 2.05) is 6.92 Å². The Balaban J connectivity index is 3.25. The van der Waals surface area contributed by atoms with Gasteiger partial charge < -0.3 is 5.11 Å². The highest BCUT2D eigenvalue weighted by Gasteiger charge is 2.09. The van der Waals surface area contributed by atoms with Crippen LogP contribution in [0.2, 0.25) is 0 Å². The Morgan fingerprint density at radius 3 is 2.80 bits per heavy atom. The average molecular weight is 160 g/mol. The van der Waals surface area contributed by atoms with Crippen LogP contribution < -0.4 is 0 Å². The summed E-state index contributed by atoms with van der Waals surface area (Å²) in [5.74, 6) is 0.366. The molecule has 0 heterocycles. The molecular formula is C6H13BO2S. The van der Waals surface area contributed by atoms with Gasteiger partial charge in [-0.15, -0.1) is 0 Å². The highest BCUT2D eigenvalue weighted by atomic mass is 32.2. The van der Waals surface area contributed by atoms with Gasteiger partial charge in [-0.1, -0.05) is 13.8 Å². The molecule has 0 fully saturated rings.